The molecule has 0 aromatic carbocycles. The second-order valence-electron chi connectivity index (χ2n) is 5.90. The molecule has 0 spiro atoms. The normalized spacial score (nSPS) is 46.1. The maximum atomic E-state index is 10.0. The van der Waals surface area contributed by atoms with Gasteiger partial charge in [0.1, 0.15) is 0 Å². The van der Waals surface area contributed by atoms with Gasteiger partial charge < -0.3 is 5.11 Å². The molecule has 3 rings (SSSR count). The zero-order valence-corrected chi connectivity index (χ0v) is 10.3. The fourth-order valence-electron chi connectivity index (χ4n) is 3.98. The summed E-state index contributed by atoms with van der Waals surface area (Å²) in [5, 5.41) is 10.0. The van der Waals surface area contributed by atoms with Gasteiger partial charge in [0.15, 0.2) is 0 Å². The third kappa shape index (κ3) is 1.79. The summed E-state index contributed by atoms with van der Waals surface area (Å²) in [5.41, 5.74) is 0. The molecule has 2 heterocycles. The highest BCUT2D eigenvalue weighted by Gasteiger charge is 2.40. The van der Waals surface area contributed by atoms with Crippen molar-refractivity contribution < 1.29 is 5.11 Å². The van der Waals surface area contributed by atoms with Crippen molar-refractivity contribution >= 4 is 0 Å². The molecule has 4 atom stereocenters. The first kappa shape index (κ1) is 11.0. The van der Waals surface area contributed by atoms with Crippen LogP contribution in [-0.4, -0.2) is 58.8 Å². The molecule has 1 aliphatic carbocycles. The van der Waals surface area contributed by atoms with Gasteiger partial charge in [0, 0.05) is 31.2 Å². The number of aliphatic hydroxyl groups is 1. The Hall–Kier alpha value is -0.120. The second-order valence-corrected chi connectivity index (χ2v) is 5.90. The van der Waals surface area contributed by atoms with Crippen LogP contribution >= 0.6 is 0 Å². The first-order valence-corrected chi connectivity index (χ1v) is 6.93. The van der Waals surface area contributed by atoms with Gasteiger partial charge in [-0.25, -0.2) is 0 Å². The SMILES string of the molecule is CC1CN2CCCC2CN1[C@@H]1CCC[C@H]1O. The highest BCUT2D eigenvalue weighted by Crippen LogP contribution is 2.31. The number of hydrogen-bond acceptors (Lipinski definition) is 3. The maximum absolute atomic E-state index is 10.0. The van der Waals surface area contributed by atoms with Crippen LogP contribution in [0.15, 0.2) is 0 Å². The predicted molar refractivity (Wildman–Crippen MR) is 64.4 cm³/mol. The van der Waals surface area contributed by atoms with E-state index < -0.39 is 0 Å². The van der Waals surface area contributed by atoms with Crippen molar-refractivity contribution in [1.82, 2.24) is 9.80 Å². The number of piperazine rings is 1. The molecule has 0 aromatic rings. The molecule has 3 nitrogen and oxygen atoms in total. The maximum Gasteiger partial charge on any atom is 0.0695 e. The highest BCUT2D eigenvalue weighted by molar-refractivity contribution is 4.96. The summed E-state index contributed by atoms with van der Waals surface area (Å²) in [6, 6.07) is 1.87. The topological polar surface area (TPSA) is 26.7 Å². The molecule has 1 saturated carbocycles. The first-order valence-electron chi connectivity index (χ1n) is 6.93. The number of rotatable bonds is 1. The molecule has 16 heavy (non-hydrogen) atoms. The van der Waals surface area contributed by atoms with Gasteiger partial charge in [-0.2, -0.15) is 0 Å². The van der Waals surface area contributed by atoms with Crippen molar-refractivity contribution in [2.24, 2.45) is 0 Å². The van der Waals surface area contributed by atoms with Crippen LogP contribution in [0.3, 0.4) is 0 Å². The minimum atomic E-state index is -0.0598. The van der Waals surface area contributed by atoms with Gasteiger partial charge in [-0.3, -0.25) is 9.80 Å². The molecule has 3 aliphatic rings. The van der Waals surface area contributed by atoms with Crippen LogP contribution in [-0.2, 0) is 0 Å². The molecule has 2 saturated heterocycles. The monoisotopic (exact) mass is 224 g/mol. The Labute approximate surface area is 98.4 Å². The van der Waals surface area contributed by atoms with Crippen LogP contribution in [0, 0.1) is 0 Å². The van der Waals surface area contributed by atoms with E-state index in [0.29, 0.717) is 12.1 Å². The summed E-state index contributed by atoms with van der Waals surface area (Å²) in [6.07, 6.45) is 6.12. The second kappa shape index (κ2) is 4.28. The summed E-state index contributed by atoms with van der Waals surface area (Å²) >= 11 is 0. The van der Waals surface area contributed by atoms with Crippen molar-refractivity contribution in [3.05, 3.63) is 0 Å². The van der Waals surface area contributed by atoms with E-state index in [1.165, 1.54) is 45.3 Å². The Morgan fingerprint density at radius 1 is 1.06 bits per heavy atom. The van der Waals surface area contributed by atoms with E-state index in [2.05, 4.69) is 16.7 Å². The molecule has 0 aromatic heterocycles. The Morgan fingerprint density at radius 2 is 1.94 bits per heavy atom. The van der Waals surface area contributed by atoms with Crippen LogP contribution in [0.4, 0.5) is 0 Å². The average molecular weight is 224 g/mol. The van der Waals surface area contributed by atoms with Crippen LogP contribution in [0.5, 0.6) is 0 Å². The van der Waals surface area contributed by atoms with Gasteiger partial charge in [0.05, 0.1) is 6.10 Å². The summed E-state index contributed by atoms with van der Waals surface area (Å²) in [5.74, 6) is 0. The quantitative estimate of drug-likeness (QED) is 0.722. The zero-order valence-electron chi connectivity index (χ0n) is 10.3. The Kier molecular flexibility index (Phi) is 2.94. The van der Waals surface area contributed by atoms with Crippen LogP contribution < -0.4 is 0 Å². The van der Waals surface area contributed by atoms with Gasteiger partial charge in [-0.1, -0.05) is 0 Å². The fraction of sp³-hybridized carbons (Fsp3) is 1.00. The van der Waals surface area contributed by atoms with Gasteiger partial charge in [0.25, 0.3) is 0 Å². The molecule has 3 heteroatoms. The first-order chi connectivity index (χ1) is 7.75. The van der Waals surface area contributed by atoms with Gasteiger partial charge >= 0.3 is 0 Å². The largest absolute Gasteiger partial charge is 0.391 e. The number of fused-ring (bicyclic) bond motifs is 1. The lowest BCUT2D eigenvalue weighted by Crippen LogP contribution is -2.59. The fourth-order valence-corrected chi connectivity index (χ4v) is 3.98. The highest BCUT2D eigenvalue weighted by atomic mass is 16.3. The summed E-state index contributed by atoms with van der Waals surface area (Å²) in [6.45, 7) is 6.05. The minimum Gasteiger partial charge on any atom is -0.391 e. The number of nitrogens with zero attached hydrogens (tertiary/aromatic N) is 2. The average Bonchev–Trinajstić information content (AvgIpc) is 2.85. The van der Waals surface area contributed by atoms with E-state index in [4.69, 9.17) is 0 Å². The van der Waals surface area contributed by atoms with Crippen molar-refractivity contribution in [3.8, 4) is 0 Å². The van der Waals surface area contributed by atoms with Gasteiger partial charge in [0.2, 0.25) is 0 Å². The minimum absolute atomic E-state index is 0.0598. The molecule has 0 bridgehead atoms. The Balaban J connectivity index is 1.70. The standard InChI is InChI=1S/C13H24N2O/c1-10-8-14-7-3-4-11(14)9-15(10)12-5-2-6-13(12)16/h10-13,16H,2-9H2,1H3/t10?,11?,12-,13-/m1/s1. The van der Waals surface area contributed by atoms with Crippen LogP contribution in [0.1, 0.15) is 39.0 Å². The van der Waals surface area contributed by atoms with Crippen molar-refractivity contribution in [1.29, 1.82) is 0 Å². The van der Waals surface area contributed by atoms with Crippen LogP contribution in [0.2, 0.25) is 0 Å². The summed E-state index contributed by atoms with van der Waals surface area (Å²) < 4.78 is 0. The summed E-state index contributed by atoms with van der Waals surface area (Å²) in [4.78, 5) is 5.26. The van der Waals surface area contributed by atoms with Gasteiger partial charge in [-0.15, -0.1) is 0 Å². The van der Waals surface area contributed by atoms with Gasteiger partial charge in [-0.05, 0) is 45.6 Å². The predicted octanol–water partition coefficient (Wildman–Crippen LogP) is 1.07. The van der Waals surface area contributed by atoms with Crippen LogP contribution in [0.25, 0.3) is 0 Å². The van der Waals surface area contributed by atoms with E-state index in [9.17, 15) is 5.11 Å². The number of hydrogen-bond donors (Lipinski definition) is 1. The molecular weight excluding hydrogens is 200 g/mol. The molecule has 2 aliphatic heterocycles. The molecule has 3 fully saturated rings. The van der Waals surface area contributed by atoms with E-state index in [1.807, 2.05) is 0 Å². The molecule has 0 radical (unpaired) electrons. The Bertz CT molecular complexity index is 258. The Morgan fingerprint density at radius 3 is 2.69 bits per heavy atom. The third-order valence-corrected chi connectivity index (χ3v) is 4.86. The molecule has 92 valence electrons. The lowest BCUT2D eigenvalue weighted by atomic mass is 10.0. The smallest absolute Gasteiger partial charge is 0.0695 e. The van der Waals surface area contributed by atoms with Crippen molar-refractivity contribution in [3.63, 3.8) is 0 Å². The lowest BCUT2D eigenvalue weighted by Gasteiger charge is -2.46. The molecular formula is C13H24N2O. The third-order valence-electron chi connectivity index (χ3n) is 4.86. The number of aliphatic hydroxyl groups excluding tert-OH is 1. The van der Waals surface area contributed by atoms with E-state index in [1.54, 1.807) is 0 Å². The summed E-state index contributed by atoms with van der Waals surface area (Å²) in [7, 11) is 0. The lowest BCUT2D eigenvalue weighted by molar-refractivity contribution is -0.0104. The van der Waals surface area contributed by atoms with Crippen molar-refractivity contribution in [2.75, 3.05) is 19.6 Å². The molecule has 1 N–H and O–H groups in total. The molecule has 2 unspecified atom stereocenters. The zero-order chi connectivity index (χ0) is 11.1. The molecule has 0 amide bonds. The van der Waals surface area contributed by atoms with E-state index in [-0.39, 0.29) is 6.10 Å². The van der Waals surface area contributed by atoms with E-state index >= 15 is 0 Å². The van der Waals surface area contributed by atoms with Crippen molar-refractivity contribution in [2.45, 2.75) is 63.3 Å². The van der Waals surface area contributed by atoms with E-state index in [0.717, 1.165) is 12.5 Å².